The zero-order valence-corrected chi connectivity index (χ0v) is 9.20. The Morgan fingerprint density at radius 1 is 1.22 bits per heavy atom. The van der Waals surface area contributed by atoms with Gasteiger partial charge in [-0.05, 0) is 24.3 Å². The van der Waals surface area contributed by atoms with E-state index in [4.69, 9.17) is 4.74 Å². The number of hydrogen-bond acceptors (Lipinski definition) is 4. The third-order valence-corrected chi connectivity index (χ3v) is 2.17. The molecule has 0 aromatic heterocycles. The van der Waals surface area contributed by atoms with Crippen molar-refractivity contribution in [3.8, 4) is 5.75 Å². The molecule has 0 saturated carbocycles. The molecule has 2 aromatic rings. The first-order chi connectivity index (χ1) is 8.66. The molecule has 18 heavy (non-hydrogen) atoms. The maximum atomic E-state index is 11.7. The van der Waals surface area contributed by atoms with E-state index in [1.165, 1.54) is 12.1 Å². The Bertz CT molecular complexity index is 581. The summed E-state index contributed by atoms with van der Waals surface area (Å²) in [6.07, 6.45) is 0. The van der Waals surface area contributed by atoms with Crippen LogP contribution in [0.1, 0.15) is 10.4 Å². The monoisotopic (exact) mass is 242 g/mol. The van der Waals surface area contributed by atoms with Crippen LogP contribution < -0.4 is 4.74 Å². The topological polar surface area (TPSA) is 69.4 Å². The maximum absolute atomic E-state index is 11.7. The largest absolute Gasteiger partial charge is 0.423 e. The normalized spacial score (nSPS) is 9.78. The lowest BCUT2D eigenvalue weighted by Crippen LogP contribution is -2.08. The molecule has 5 nitrogen and oxygen atoms in total. The Morgan fingerprint density at radius 2 is 1.94 bits per heavy atom. The molecule has 0 bridgehead atoms. The van der Waals surface area contributed by atoms with Gasteiger partial charge in [-0.25, -0.2) is 4.79 Å². The second-order valence-corrected chi connectivity index (χ2v) is 3.42. The number of ether oxygens (including phenoxy) is 1. The summed E-state index contributed by atoms with van der Waals surface area (Å²) in [6, 6.07) is 14.8. The highest BCUT2D eigenvalue weighted by Crippen LogP contribution is 2.19. The maximum Gasteiger partial charge on any atom is 0.343 e. The summed E-state index contributed by atoms with van der Waals surface area (Å²) in [5, 5.41) is 10.5. The smallest absolute Gasteiger partial charge is 0.343 e. The number of carbonyl (C=O) groups is 1. The zero-order chi connectivity index (χ0) is 13.0. The van der Waals surface area contributed by atoms with Gasteiger partial charge in [-0.1, -0.05) is 18.2 Å². The predicted molar refractivity (Wildman–Crippen MR) is 63.3 cm³/mol. The van der Waals surface area contributed by atoms with Crippen LogP contribution in [0.2, 0.25) is 0 Å². The molecule has 0 atom stereocenters. The Hall–Kier alpha value is -2.69. The Morgan fingerprint density at radius 3 is 2.61 bits per heavy atom. The van der Waals surface area contributed by atoms with Crippen LogP contribution in [0.3, 0.4) is 0 Å². The molecule has 0 unspecified atom stereocenters. The van der Waals surface area contributed by atoms with Crippen molar-refractivity contribution in [1.29, 1.82) is 0 Å². The summed E-state index contributed by atoms with van der Waals surface area (Å²) in [7, 11) is 0. The van der Waals surface area contributed by atoms with E-state index < -0.39 is 10.9 Å². The molecule has 0 heterocycles. The zero-order valence-electron chi connectivity index (χ0n) is 9.20. The van der Waals surface area contributed by atoms with Crippen LogP contribution in [-0.4, -0.2) is 10.9 Å². The number of carbonyl (C=O) groups excluding carboxylic acids is 1. The van der Waals surface area contributed by atoms with Crippen molar-refractivity contribution in [1.82, 2.24) is 0 Å². The lowest BCUT2D eigenvalue weighted by molar-refractivity contribution is -0.385. The molecule has 89 valence electrons. The Kier molecular flexibility index (Phi) is 3.33. The standard InChI is InChI=1S/C13H8NO4/c15-13(10-5-2-1-3-6-10)18-12-8-4-7-11(9-12)14(16)17/h1-6,8-9H. The van der Waals surface area contributed by atoms with Crippen LogP contribution in [0.4, 0.5) is 5.69 Å². The van der Waals surface area contributed by atoms with Crippen molar-refractivity contribution in [2.45, 2.75) is 0 Å². The van der Waals surface area contributed by atoms with Gasteiger partial charge in [0, 0.05) is 0 Å². The second kappa shape index (κ2) is 5.09. The average molecular weight is 242 g/mol. The number of benzene rings is 2. The van der Waals surface area contributed by atoms with E-state index in [1.807, 2.05) is 0 Å². The highest BCUT2D eigenvalue weighted by Gasteiger charge is 2.11. The first kappa shape index (κ1) is 11.8. The third-order valence-electron chi connectivity index (χ3n) is 2.17. The van der Waals surface area contributed by atoms with Crippen molar-refractivity contribution >= 4 is 11.7 Å². The number of nitrogens with zero attached hydrogens (tertiary/aromatic N) is 1. The highest BCUT2D eigenvalue weighted by molar-refractivity contribution is 5.91. The molecule has 0 aliphatic heterocycles. The Labute approximate surface area is 103 Å². The van der Waals surface area contributed by atoms with Crippen molar-refractivity contribution in [3.05, 3.63) is 70.3 Å². The van der Waals surface area contributed by atoms with Crippen LogP contribution in [0.15, 0.2) is 48.5 Å². The molecule has 2 rings (SSSR count). The summed E-state index contributed by atoms with van der Waals surface area (Å²) in [6.45, 7) is 0. The lowest BCUT2D eigenvalue weighted by Gasteiger charge is -2.03. The van der Waals surface area contributed by atoms with E-state index >= 15 is 0 Å². The van der Waals surface area contributed by atoms with Crippen molar-refractivity contribution < 1.29 is 14.5 Å². The summed E-state index contributed by atoms with van der Waals surface area (Å²) in [4.78, 5) is 21.6. The third kappa shape index (κ3) is 2.70. The first-order valence-electron chi connectivity index (χ1n) is 5.10. The average Bonchev–Trinajstić information content (AvgIpc) is 2.40. The van der Waals surface area contributed by atoms with E-state index in [-0.39, 0.29) is 11.4 Å². The molecule has 0 N–H and O–H groups in total. The van der Waals surface area contributed by atoms with Gasteiger partial charge < -0.3 is 4.74 Å². The molecule has 0 amide bonds. The van der Waals surface area contributed by atoms with E-state index in [9.17, 15) is 14.9 Å². The summed E-state index contributed by atoms with van der Waals surface area (Å²) in [5.41, 5.74) is 0.140. The molecular weight excluding hydrogens is 234 g/mol. The minimum absolute atomic E-state index is 0.120. The molecule has 0 aliphatic carbocycles. The van der Waals surface area contributed by atoms with Crippen LogP contribution in [0.5, 0.6) is 5.75 Å². The number of hydrogen-bond donors (Lipinski definition) is 0. The Balaban J connectivity index is 2.17. The lowest BCUT2D eigenvalue weighted by atomic mass is 10.2. The number of non-ortho nitro benzene ring substituents is 1. The van der Waals surface area contributed by atoms with Crippen molar-refractivity contribution in [3.63, 3.8) is 0 Å². The number of nitro groups is 1. The summed E-state index contributed by atoms with van der Waals surface area (Å²) >= 11 is 0. The fourth-order valence-electron chi connectivity index (χ4n) is 1.34. The van der Waals surface area contributed by atoms with E-state index in [0.29, 0.717) is 5.56 Å². The van der Waals surface area contributed by atoms with Gasteiger partial charge in [0.2, 0.25) is 0 Å². The fourth-order valence-corrected chi connectivity index (χ4v) is 1.34. The predicted octanol–water partition coefficient (Wildman–Crippen LogP) is 2.61. The number of nitro benzene ring substituents is 1. The quantitative estimate of drug-likeness (QED) is 0.359. The van der Waals surface area contributed by atoms with Gasteiger partial charge in [0.15, 0.2) is 0 Å². The molecule has 5 heteroatoms. The highest BCUT2D eigenvalue weighted by atomic mass is 16.6. The fraction of sp³-hybridized carbons (Fsp3) is 0. The summed E-state index contributed by atoms with van der Waals surface area (Å²) in [5.74, 6) is -0.439. The second-order valence-electron chi connectivity index (χ2n) is 3.42. The molecule has 0 fully saturated rings. The van der Waals surface area contributed by atoms with Crippen LogP contribution in [-0.2, 0) is 0 Å². The van der Waals surface area contributed by atoms with E-state index in [1.54, 1.807) is 30.3 Å². The molecule has 0 aliphatic rings. The summed E-state index contributed by atoms with van der Waals surface area (Å²) < 4.78 is 5.03. The minimum Gasteiger partial charge on any atom is -0.423 e. The van der Waals surface area contributed by atoms with Gasteiger partial charge in [-0.2, -0.15) is 0 Å². The van der Waals surface area contributed by atoms with Gasteiger partial charge in [0.25, 0.3) is 5.69 Å². The van der Waals surface area contributed by atoms with Crippen molar-refractivity contribution in [2.75, 3.05) is 0 Å². The number of rotatable bonds is 3. The van der Waals surface area contributed by atoms with Gasteiger partial charge >= 0.3 is 5.97 Å². The molecule has 0 spiro atoms. The molecule has 1 radical (unpaired) electrons. The SMILES string of the molecule is O=C(Oc1cc[c]c([N+](=O)[O-])c1)c1ccccc1. The van der Waals surface area contributed by atoms with Crippen LogP contribution in [0.25, 0.3) is 0 Å². The van der Waals surface area contributed by atoms with Gasteiger partial charge in [0.05, 0.1) is 22.6 Å². The van der Waals surface area contributed by atoms with Crippen molar-refractivity contribution in [2.24, 2.45) is 0 Å². The molecule has 0 saturated heterocycles. The van der Waals surface area contributed by atoms with Gasteiger partial charge in [0.1, 0.15) is 5.75 Å². The van der Waals surface area contributed by atoms with Crippen LogP contribution in [0, 0.1) is 16.2 Å². The molecule has 2 aromatic carbocycles. The first-order valence-corrected chi connectivity index (χ1v) is 5.10. The van der Waals surface area contributed by atoms with E-state index in [0.717, 1.165) is 6.07 Å². The number of esters is 1. The molecular formula is C13H8NO4. The minimum atomic E-state index is -0.597. The van der Waals surface area contributed by atoms with Gasteiger partial charge in [-0.15, -0.1) is 0 Å². The van der Waals surface area contributed by atoms with Crippen LogP contribution >= 0.6 is 0 Å². The van der Waals surface area contributed by atoms with E-state index in [2.05, 4.69) is 6.07 Å². The van der Waals surface area contributed by atoms with Gasteiger partial charge in [-0.3, -0.25) is 10.1 Å².